The minimum Gasteiger partial charge on any atom is -0.341 e. The van der Waals surface area contributed by atoms with Gasteiger partial charge in [-0.25, -0.2) is 0 Å². The Hall–Kier alpha value is -1.80. The molecule has 3 aromatic rings. The van der Waals surface area contributed by atoms with E-state index in [0.717, 1.165) is 19.6 Å². The zero-order valence-corrected chi connectivity index (χ0v) is 13.7. The minimum absolute atomic E-state index is 0.964. The summed E-state index contributed by atoms with van der Waals surface area (Å²) in [5.41, 5.74) is 4.06. The molecular weight excluding hydrogens is 268 g/mol. The van der Waals surface area contributed by atoms with Crippen molar-refractivity contribution in [3.63, 3.8) is 0 Å². The van der Waals surface area contributed by atoms with Crippen LogP contribution in [0.3, 0.4) is 0 Å². The van der Waals surface area contributed by atoms with E-state index in [9.17, 15) is 0 Å². The van der Waals surface area contributed by atoms with Crippen molar-refractivity contribution >= 4 is 21.8 Å². The smallest absolute Gasteiger partial charge is 0.0491 e. The van der Waals surface area contributed by atoms with Gasteiger partial charge in [0, 0.05) is 34.9 Å². The number of aryl methyl sites for hydroxylation is 1. The molecule has 0 bridgehead atoms. The first-order chi connectivity index (χ1) is 10.8. The molecule has 22 heavy (non-hydrogen) atoms. The first-order valence-electron chi connectivity index (χ1n) is 8.55. The van der Waals surface area contributed by atoms with Crippen molar-refractivity contribution < 1.29 is 0 Å². The molecule has 0 unspecified atom stereocenters. The average Bonchev–Trinajstić information content (AvgIpc) is 2.88. The van der Waals surface area contributed by atoms with E-state index >= 15 is 0 Å². The van der Waals surface area contributed by atoms with Crippen LogP contribution in [0.25, 0.3) is 21.8 Å². The van der Waals surface area contributed by atoms with Crippen LogP contribution >= 0.6 is 0 Å². The van der Waals surface area contributed by atoms with Crippen molar-refractivity contribution in [1.29, 1.82) is 0 Å². The molecule has 0 spiro atoms. The van der Waals surface area contributed by atoms with Crippen molar-refractivity contribution in [3.05, 3.63) is 48.0 Å². The number of rotatable bonds is 7. The van der Waals surface area contributed by atoms with Gasteiger partial charge in [-0.15, -0.1) is 0 Å². The number of unbranched alkanes of at least 4 members (excludes halogenated alkanes) is 2. The molecular formula is C20H26N2. The Morgan fingerprint density at radius 3 is 2.55 bits per heavy atom. The molecule has 3 rings (SSSR count). The zero-order chi connectivity index (χ0) is 15.4. The topological polar surface area (TPSA) is 17.0 Å². The normalized spacial score (nSPS) is 11.5. The van der Waals surface area contributed by atoms with Gasteiger partial charge in [0.2, 0.25) is 0 Å². The maximum Gasteiger partial charge on any atom is 0.0491 e. The summed E-state index contributed by atoms with van der Waals surface area (Å²) in [4.78, 5) is 0. The fourth-order valence-electron chi connectivity index (χ4n) is 3.28. The number of hydrogen-bond donors (Lipinski definition) is 1. The van der Waals surface area contributed by atoms with Crippen LogP contribution in [0.15, 0.2) is 42.5 Å². The Morgan fingerprint density at radius 2 is 1.73 bits per heavy atom. The number of fused-ring (bicyclic) bond motifs is 3. The maximum atomic E-state index is 3.56. The van der Waals surface area contributed by atoms with E-state index in [1.165, 1.54) is 46.6 Å². The molecule has 116 valence electrons. The fourth-order valence-corrected chi connectivity index (χ4v) is 3.28. The zero-order valence-electron chi connectivity index (χ0n) is 13.7. The van der Waals surface area contributed by atoms with Gasteiger partial charge >= 0.3 is 0 Å². The third-order valence-corrected chi connectivity index (χ3v) is 4.44. The lowest BCUT2D eigenvalue weighted by Crippen LogP contribution is -2.14. The van der Waals surface area contributed by atoms with Gasteiger partial charge in [-0.05, 0) is 43.7 Å². The molecule has 2 aromatic carbocycles. The van der Waals surface area contributed by atoms with Crippen molar-refractivity contribution in [2.24, 2.45) is 0 Å². The predicted molar refractivity (Wildman–Crippen MR) is 96.3 cm³/mol. The second-order valence-electron chi connectivity index (χ2n) is 6.00. The summed E-state index contributed by atoms with van der Waals surface area (Å²) >= 11 is 0. The molecule has 0 saturated carbocycles. The summed E-state index contributed by atoms with van der Waals surface area (Å²) in [5, 5.41) is 6.31. The highest BCUT2D eigenvalue weighted by atomic mass is 15.0. The lowest BCUT2D eigenvalue weighted by Gasteiger charge is -2.06. The Kier molecular flexibility index (Phi) is 4.79. The molecule has 0 amide bonds. The molecule has 1 N–H and O–H groups in total. The van der Waals surface area contributed by atoms with Gasteiger partial charge in [-0.2, -0.15) is 0 Å². The Labute approximate surface area is 133 Å². The highest BCUT2D eigenvalue weighted by Gasteiger charge is 2.09. The Balaban J connectivity index is 1.88. The number of benzene rings is 2. The van der Waals surface area contributed by atoms with Crippen LogP contribution in [0.5, 0.6) is 0 Å². The lowest BCUT2D eigenvalue weighted by molar-refractivity contribution is 0.617. The molecule has 0 atom stereocenters. The molecule has 2 heteroatoms. The van der Waals surface area contributed by atoms with Crippen molar-refractivity contribution in [2.45, 2.75) is 46.2 Å². The van der Waals surface area contributed by atoms with E-state index in [1.54, 1.807) is 0 Å². The molecule has 1 aromatic heterocycles. The Bertz CT molecular complexity index is 755. The first kappa shape index (κ1) is 15.1. The molecule has 0 saturated heterocycles. The summed E-state index contributed by atoms with van der Waals surface area (Å²) in [6.07, 6.45) is 3.87. The summed E-state index contributed by atoms with van der Waals surface area (Å²) in [7, 11) is 0. The number of aromatic nitrogens is 1. The Morgan fingerprint density at radius 1 is 0.909 bits per heavy atom. The summed E-state index contributed by atoms with van der Waals surface area (Å²) in [5.74, 6) is 0. The maximum absolute atomic E-state index is 3.56. The molecule has 1 heterocycles. The van der Waals surface area contributed by atoms with Gasteiger partial charge in [0.1, 0.15) is 0 Å². The number of nitrogens with zero attached hydrogens (tertiary/aromatic N) is 1. The van der Waals surface area contributed by atoms with Crippen LogP contribution in [-0.4, -0.2) is 11.1 Å². The van der Waals surface area contributed by atoms with Crippen molar-refractivity contribution in [2.75, 3.05) is 6.54 Å². The van der Waals surface area contributed by atoms with Gasteiger partial charge < -0.3 is 9.88 Å². The van der Waals surface area contributed by atoms with Crippen LogP contribution in [0.1, 0.15) is 38.7 Å². The van der Waals surface area contributed by atoms with Crippen molar-refractivity contribution in [1.82, 2.24) is 9.88 Å². The van der Waals surface area contributed by atoms with Crippen molar-refractivity contribution in [3.8, 4) is 0 Å². The predicted octanol–water partition coefficient (Wildman–Crippen LogP) is 5.09. The van der Waals surface area contributed by atoms with Gasteiger partial charge in [0.15, 0.2) is 0 Å². The molecule has 0 aliphatic heterocycles. The second-order valence-corrected chi connectivity index (χ2v) is 6.00. The van der Waals surface area contributed by atoms with E-state index in [4.69, 9.17) is 0 Å². The monoisotopic (exact) mass is 294 g/mol. The van der Waals surface area contributed by atoms with Crippen LogP contribution in [0.4, 0.5) is 0 Å². The van der Waals surface area contributed by atoms with Gasteiger partial charge in [-0.1, -0.05) is 44.0 Å². The average molecular weight is 294 g/mol. The van der Waals surface area contributed by atoms with E-state index < -0.39 is 0 Å². The van der Waals surface area contributed by atoms with Crippen LogP contribution in [0, 0.1) is 0 Å². The highest BCUT2D eigenvalue weighted by molar-refractivity contribution is 6.08. The molecule has 0 radical (unpaired) electrons. The SMILES string of the molecule is CCCCCNCc1ccc2c(c1)c1ccccc1n2CC. The highest BCUT2D eigenvalue weighted by Crippen LogP contribution is 2.29. The van der Waals surface area contributed by atoms with Crippen LogP contribution < -0.4 is 5.32 Å². The summed E-state index contributed by atoms with van der Waals surface area (Å²) in [6, 6.07) is 15.6. The van der Waals surface area contributed by atoms with Gasteiger partial charge in [0.25, 0.3) is 0 Å². The molecule has 2 nitrogen and oxygen atoms in total. The number of para-hydroxylation sites is 1. The third kappa shape index (κ3) is 2.89. The third-order valence-electron chi connectivity index (χ3n) is 4.44. The number of hydrogen-bond acceptors (Lipinski definition) is 1. The summed E-state index contributed by atoms with van der Waals surface area (Å²) < 4.78 is 2.41. The molecule has 0 aliphatic carbocycles. The van der Waals surface area contributed by atoms with E-state index in [1.807, 2.05) is 0 Å². The quantitative estimate of drug-likeness (QED) is 0.600. The minimum atomic E-state index is 0.964. The van der Waals surface area contributed by atoms with Gasteiger partial charge in [-0.3, -0.25) is 0 Å². The van der Waals surface area contributed by atoms with E-state index in [0.29, 0.717) is 0 Å². The summed E-state index contributed by atoms with van der Waals surface area (Å²) in [6.45, 7) is 7.55. The van der Waals surface area contributed by atoms with E-state index in [2.05, 4.69) is 66.2 Å². The first-order valence-corrected chi connectivity index (χ1v) is 8.55. The lowest BCUT2D eigenvalue weighted by atomic mass is 10.1. The molecule has 0 fully saturated rings. The van der Waals surface area contributed by atoms with Crippen LogP contribution in [-0.2, 0) is 13.1 Å². The largest absolute Gasteiger partial charge is 0.341 e. The fraction of sp³-hybridized carbons (Fsp3) is 0.400. The standard InChI is InChI=1S/C20H26N2/c1-3-5-8-13-21-15-16-11-12-20-18(14-16)17-9-6-7-10-19(17)22(20)4-2/h6-7,9-12,14,21H,3-5,8,13,15H2,1-2H3. The van der Waals surface area contributed by atoms with Crippen LogP contribution in [0.2, 0.25) is 0 Å². The van der Waals surface area contributed by atoms with Gasteiger partial charge in [0.05, 0.1) is 0 Å². The molecule has 0 aliphatic rings. The van der Waals surface area contributed by atoms with E-state index in [-0.39, 0.29) is 0 Å². The number of nitrogens with one attached hydrogen (secondary N) is 1. The second kappa shape index (κ2) is 6.97.